The molecule has 1 saturated heterocycles. The van der Waals surface area contributed by atoms with E-state index in [1.165, 1.54) is 38.5 Å². The molecule has 0 bridgehead atoms. The number of fused-ring (bicyclic) bond motifs is 1. The molecule has 3 unspecified atom stereocenters. The smallest absolute Gasteiger partial charge is 0.110 e. The molecular formula is C10H16O2. The van der Waals surface area contributed by atoms with Crippen LogP contribution in [0.5, 0.6) is 0 Å². The van der Waals surface area contributed by atoms with E-state index in [-0.39, 0.29) is 0 Å². The monoisotopic (exact) mass is 168 g/mol. The van der Waals surface area contributed by atoms with E-state index in [0.717, 1.165) is 0 Å². The fourth-order valence-corrected chi connectivity index (χ4v) is 2.63. The van der Waals surface area contributed by atoms with E-state index < -0.39 is 0 Å². The van der Waals surface area contributed by atoms with Gasteiger partial charge in [-0.15, -0.1) is 0 Å². The quantitative estimate of drug-likeness (QED) is 0.587. The highest BCUT2D eigenvalue weighted by Crippen LogP contribution is 2.41. The van der Waals surface area contributed by atoms with Gasteiger partial charge < -0.3 is 9.47 Å². The molecule has 0 aromatic heterocycles. The maximum Gasteiger partial charge on any atom is 0.110 e. The largest absolute Gasteiger partial charge is 0.372 e. The molecule has 0 aromatic rings. The Bertz CT molecular complexity index is 175. The zero-order chi connectivity index (χ0) is 7.97. The first-order valence-corrected chi connectivity index (χ1v) is 5.24. The van der Waals surface area contributed by atoms with Gasteiger partial charge in [-0.2, -0.15) is 0 Å². The van der Waals surface area contributed by atoms with Gasteiger partial charge in [-0.1, -0.05) is 12.8 Å². The second kappa shape index (κ2) is 2.71. The van der Waals surface area contributed by atoms with Crippen molar-refractivity contribution in [2.24, 2.45) is 0 Å². The van der Waals surface area contributed by atoms with Crippen molar-refractivity contribution in [2.75, 3.05) is 0 Å². The Labute approximate surface area is 73.2 Å². The number of rotatable bonds is 2. The standard InChI is InChI=1S/C10H16O2/c1-2-4-7(3-1)11-8-5-6-9-10(8)12-9/h7-10H,1-6H2. The topological polar surface area (TPSA) is 21.8 Å². The molecule has 2 aliphatic carbocycles. The lowest BCUT2D eigenvalue weighted by atomic mass is 10.2. The summed E-state index contributed by atoms with van der Waals surface area (Å²) in [6.07, 6.45) is 9.88. The summed E-state index contributed by atoms with van der Waals surface area (Å²) in [7, 11) is 0. The lowest BCUT2D eigenvalue weighted by Gasteiger charge is -2.17. The third-order valence-corrected chi connectivity index (χ3v) is 3.39. The highest BCUT2D eigenvalue weighted by molar-refractivity contribution is 4.99. The lowest BCUT2D eigenvalue weighted by Crippen LogP contribution is -2.22. The van der Waals surface area contributed by atoms with E-state index in [1.807, 2.05) is 0 Å². The average Bonchev–Trinajstić information content (AvgIpc) is 2.54. The molecule has 3 rings (SSSR count). The Morgan fingerprint density at radius 3 is 2.42 bits per heavy atom. The van der Waals surface area contributed by atoms with E-state index in [9.17, 15) is 0 Å². The van der Waals surface area contributed by atoms with Crippen LogP contribution < -0.4 is 0 Å². The van der Waals surface area contributed by atoms with Gasteiger partial charge in [-0.25, -0.2) is 0 Å². The number of hydrogen-bond acceptors (Lipinski definition) is 2. The highest BCUT2D eigenvalue weighted by atomic mass is 16.6. The van der Waals surface area contributed by atoms with Crippen LogP contribution in [0.4, 0.5) is 0 Å². The van der Waals surface area contributed by atoms with Crippen LogP contribution in [-0.4, -0.2) is 24.4 Å². The Hall–Kier alpha value is -0.0800. The van der Waals surface area contributed by atoms with Gasteiger partial charge in [0.05, 0.1) is 18.3 Å². The fraction of sp³-hybridized carbons (Fsp3) is 1.00. The molecular weight excluding hydrogens is 152 g/mol. The van der Waals surface area contributed by atoms with Gasteiger partial charge in [0.2, 0.25) is 0 Å². The van der Waals surface area contributed by atoms with Crippen molar-refractivity contribution in [1.82, 2.24) is 0 Å². The number of epoxide rings is 1. The molecule has 3 fully saturated rings. The maximum atomic E-state index is 6.00. The third kappa shape index (κ3) is 1.17. The van der Waals surface area contributed by atoms with Crippen molar-refractivity contribution in [1.29, 1.82) is 0 Å². The van der Waals surface area contributed by atoms with Crippen LogP contribution in [0.1, 0.15) is 38.5 Å². The second-order valence-electron chi connectivity index (χ2n) is 4.30. The average molecular weight is 168 g/mol. The van der Waals surface area contributed by atoms with Gasteiger partial charge >= 0.3 is 0 Å². The van der Waals surface area contributed by atoms with Crippen LogP contribution in [0.15, 0.2) is 0 Å². The second-order valence-corrected chi connectivity index (χ2v) is 4.30. The van der Waals surface area contributed by atoms with E-state index in [2.05, 4.69) is 0 Å². The summed E-state index contributed by atoms with van der Waals surface area (Å²) in [5, 5.41) is 0. The van der Waals surface area contributed by atoms with E-state index in [4.69, 9.17) is 9.47 Å². The first-order valence-electron chi connectivity index (χ1n) is 5.24. The Morgan fingerprint density at radius 2 is 1.83 bits per heavy atom. The normalized spacial score (nSPS) is 46.5. The van der Waals surface area contributed by atoms with Crippen molar-refractivity contribution in [2.45, 2.75) is 62.9 Å². The molecule has 1 heterocycles. The van der Waals surface area contributed by atoms with Crippen molar-refractivity contribution < 1.29 is 9.47 Å². The van der Waals surface area contributed by atoms with E-state index in [1.54, 1.807) is 0 Å². The minimum absolute atomic E-state index is 0.457. The SMILES string of the molecule is C1CCC(OC2CCC3OC23)C1. The van der Waals surface area contributed by atoms with Gasteiger partial charge in [-0.05, 0) is 25.7 Å². The molecule has 0 aromatic carbocycles. The predicted molar refractivity (Wildman–Crippen MR) is 45.0 cm³/mol. The van der Waals surface area contributed by atoms with Gasteiger partial charge in [0.15, 0.2) is 0 Å². The molecule has 0 N–H and O–H groups in total. The first-order chi connectivity index (χ1) is 5.93. The van der Waals surface area contributed by atoms with Crippen molar-refractivity contribution >= 4 is 0 Å². The van der Waals surface area contributed by atoms with Crippen LogP contribution in [0, 0.1) is 0 Å². The molecule has 0 amide bonds. The van der Waals surface area contributed by atoms with Gasteiger partial charge in [0.25, 0.3) is 0 Å². The molecule has 0 spiro atoms. The fourth-order valence-electron chi connectivity index (χ4n) is 2.63. The summed E-state index contributed by atoms with van der Waals surface area (Å²) in [6, 6.07) is 0. The number of ether oxygens (including phenoxy) is 2. The van der Waals surface area contributed by atoms with Crippen molar-refractivity contribution in [3.05, 3.63) is 0 Å². The summed E-state index contributed by atoms with van der Waals surface area (Å²) < 4.78 is 11.5. The molecule has 68 valence electrons. The zero-order valence-electron chi connectivity index (χ0n) is 7.37. The summed E-state index contributed by atoms with van der Waals surface area (Å²) in [5.74, 6) is 0. The molecule has 0 radical (unpaired) electrons. The van der Waals surface area contributed by atoms with Crippen molar-refractivity contribution in [3.8, 4) is 0 Å². The van der Waals surface area contributed by atoms with Crippen LogP contribution in [0.25, 0.3) is 0 Å². The first kappa shape index (κ1) is 7.34. The molecule has 3 aliphatic rings. The predicted octanol–water partition coefficient (Wildman–Crippen LogP) is 1.88. The molecule has 2 saturated carbocycles. The van der Waals surface area contributed by atoms with Crippen LogP contribution in [-0.2, 0) is 9.47 Å². The molecule has 2 heteroatoms. The summed E-state index contributed by atoms with van der Waals surface area (Å²) >= 11 is 0. The summed E-state index contributed by atoms with van der Waals surface area (Å²) in [5.41, 5.74) is 0. The third-order valence-electron chi connectivity index (χ3n) is 3.39. The zero-order valence-corrected chi connectivity index (χ0v) is 7.37. The summed E-state index contributed by atoms with van der Waals surface area (Å²) in [4.78, 5) is 0. The molecule has 1 aliphatic heterocycles. The van der Waals surface area contributed by atoms with Crippen LogP contribution >= 0.6 is 0 Å². The molecule has 12 heavy (non-hydrogen) atoms. The molecule has 2 nitrogen and oxygen atoms in total. The highest BCUT2D eigenvalue weighted by Gasteiger charge is 2.51. The van der Waals surface area contributed by atoms with Gasteiger partial charge in [-0.3, -0.25) is 0 Å². The minimum Gasteiger partial charge on any atom is -0.372 e. The molecule has 3 atom stereocenters. The maximum absolute atomic E-state index is 6.00. The number of hydrogen-bond donors (Lipinski definition) is 0. The van der Waals surface area contributed by atoms with E-state index in [0.29, 0.717) is 24.4 Å². The van der Waals surface area contributed by atoms with E-state index >= 15 is 0 Å². The lowest BCUT2D eigenvalue weighted by molar-refractivity contribution is -0.0253. The Balaban J connectivity index is 1.53. The Kier molecular flexibility index (Phi) is 1.66. The van der Waals surface area contributed by atoms with Gasteiger partial charge in [0, 0.05) is 0 Å². The van der Waals surface area contributed by atoms with Gasteiger partial charge in [0.1, 0.15) is 6.10 Å². The van der Waals surface area contributed by atoms with Crippen molar-refractivity contribution in [3.63, 3.8) is 0 Å². The van der Waals surface area contributed by atoms with Crippen LogP contribution in [0.2, 0.25) is 0 Å². The van der Waals surface area contributed by atoms with Crippen LogP contribution in [0.3, 0.4) is 0 Å². The Morgan fingerprint density at radius 1 is 1.00 bits per heavy atom. The minimum atomic E-state index is 0.457. The summed E-state index contributed by atoms with van der Waals surface area (Å²) in [6.45, 7) is 0.